The lowest BCUT2D eigenvalue weighted by Crippen LogP contribution is -2.57. The van der Waals surface area contributed by atoms with Crippen molar-refractivity contribution in [3.8, 4) is 24.7 Å². The van der Waals surface area contributed by atoms with Crippen molar-refractivity contribution in [2.75, 3.05) is 33.2 Å². The zero-order chi connectivity index (χ0) is 35.5. The van der Waals surface area contributed by atoms with Crippen LogP contribution in [0.4, 0.5) is 0 Å². The molecule has 0 aliphatic heterocycles. The highest BCUT2D eigenvalue weighted by Gasteiger charge is 2.35. The minimum absolute atomic E-state index is 0.0267. The first kappa shape index (κ1) is 40.8. The van der Waals surface area contributed by atoms with E-state index in [-0.39, 0.29) is 12.3 Å². The number of unbranched alkanes of at least 4 members (excludes halogenated alkanes) is 1. The van der Waals surface area contributed by atoms with Crippen LogP contribution in [0.3, 0.4) is 0 Å². The Morgan fingerprint density at radius 2 is 1.65 bits per heavy atom. The van der Waals surface area contributed by atoms with E-state index in [1.165, 1.54) is 0 Å². The van der Waals surface area contributed by atoms with E-state index in [0.717, 1.165) is 57.3 Å². The van der Waals surface area contributed by atoms with Gasteiger partial charge in [0, 0.05) is 38.9 Å². The number of benzene rings is 1. The van der Waals surface area contributed by atoms with Gasteiger partial charge < -0.3 is 30.6 Å². The highest BCUT2D eigenvalue weighted by Crippen LogP contribution is 2.29. The second kappa shape index (κ2) is 22.3. The number of hydrogen-bond donors (Lipinski definition) is 4. The van der Waals surface area contributed by atoms with Gasteiger partial charge in [0.2, 0.25) is 17.7 Å². The summed E-state index contributed by atoms with van der Waals surface area (Å²) >= 11 is 0. The molecular weight excluding hydrogens is 604 g/mol. The van der Waals surface area contributed by atoms with Crippen molar-refractivity contribution in [3.63, 3.8) is 0 Å². The van der Waals surface area contributed by atoms with Gasteiger partial charge in [-0.2, -0.15) is 0 Å². The molecule has 0 saturated heterocycles. The number of hydrogen-bond acceptors (Lipinski definition) is 6. The van der Waals surface area contributed by atoms with Crippen molar-refractivity contribution in [1.29, 1.82) is 0 Å². The van der Waals surface area contributed by atoms with E-state index in [1.807, 2.05) is 30.3 Å². The first-order chi connectivity index (χ1) is 23.0. The molecule has 2 rings (SSSR count). The third-order valence-corrected chi connectivity index (χ3v) is 9.80. The normalized spacial score (nSPS) is 17.2. The largest absolute Gasteiger partial charge is 0.390 e. The first-order valence-electron chi connectivity index (χ1n) is 17.9. The van der Waals surface area contributed by atoms with Gasteiger partial charge >= 0.3 is 0 Å². The molecule has 6 atom stereocenters. The molecule has 0 heterocycles. The van der Waals surface area contributed by atoms with Crippen molar-refractivity contribution in [1.82, 2.24) is 20.4 Å². The first-order valence-corrected chi connectivity index (χ1v) is 17.9. The third kappa shape index (κ3) is 14.0. The summed E-state index contributed by atoms with van der Waals surface area (Å²) in [5.74, 6) is 2.92. The minimum Gasteiger partial charge on any atom is -0.390 e. The van der Waals surface area contributed by atoms with E-state index in [4.69, 9.17) is 12.8 Å². The number of aliphatic hydroxyl groups excluding tert-OH is 2. The molecule has 1 aromatic rings. The van der Waals surface area contributed by atoms with E-state index in [2.05, 4.69) is 41.2 Å². The minimum atomic E-state index is -1.21. The van der Waals surface area contributed by atoms with Crippen molar-refractivity contribution in [2.45, 2.75) is 116 Å². The average Bonchev–Trinajstić information content (AvgIpc) is 3.10. The van der Waals surface area contributed by atoms with Crippen molar-refractivity contribution in [3.05, 3.63) is 35.9 Å². The van der Waals surface area contributed by atoms with Gasteiger partial charge in [-0.25, -0.2) is 0 Å². The van der Waals surface area contributed by atoms with Crippen LogP contribution in [0.2, 0.25) is 0 Å². The van der Waals surface area contributed by atoms with Crippen LogP contribution in [0.1, 0.15) is 90.5 Å². The Hall–Kier alpha value is -3.37. The maximum Gasteiger partial charge on any atom is 0.244 e. The lowest BCUT2D eigenvalue weighted by molar-refractivity contribution is -0.137. The molecule has 9 nitrogen and oxygen atoms in total. The molecule has 0 bridgehead atoms. The van der Waals surface area contributed by atoms with E-state index >= 15 is 0 Å². The Morgan fingerprint density at radius 1 is 0.979 bits per heavy atom. The molecule has 0 aromatic heterocycles. The van der Waals surface area contributed by atoms with Crippen molar-refractivity contribution < 1.29 is 24.6 Å². The number of amides is 3. The fourth-order valence-electron chi connectivity index (χ4n) is 6.45. The number of rotatable bonds is 21. The maximum atomic E-state index is 13.9. The van der Waals surface area contributed by atoms with Gasteiger partial charge in [-0.05, 0) is 57.2 Å². The molecule has 4 N–H and O–H groups in total. The monoisotopic (exact) mass is 664 g/mol. The van der Waals surface area contributed by atoms with Gasteiger partial charge in [0.05, 0.1) is 24.2 Å². The molecule has 266 valence electrons. The van der Waals surface area contributed by atoms with E-state index in [1.54, 1.807) is 18.9 Å². The topological polar surface area (TPSA) is 122 Å². The van der Waals surface area contributed by atoms with Crippen molar-refractivity contribution >= 4 is 17.7 Å². The molecule has 1 aromatic carbocycles. The molecule has 48 heavy (non-hydrogen) atoms. The summed E-state index contributed by atoms with van der Waals surface area (Å²) in [6.07, 6.45) is 16.4. The summed E-state index contributed by atoms with van der Waals surface area (Å²) in [5.41, 5.74) is 0.900. The number of nitrogens with zero attached hydrogens (tertiary/aromatic N) is 2. The van der Waals surface area contributed by atoms with Gasteiger partial charge in [0.25, 0.3) is 0 Å². The number of carbonyl (C=O) groups is 3. The zero-order valence-corrected chi connectivity index (χ0v) is 29.7. The van der Waals surface area contributed by atoms with Gasteiger partial charge in [0.15, 0.2) is 0 Å². The van der Waals surface area contributed by atoms with Gasteiger partial charge in [0.1, 0.15) is 6.04 Å². The summed E-state index contributed by atoms with van der Waals surface area (Å²) < 4.78 is 0. The molecule has 1 saturated carbocycles. The van der Waals surface area contributed by atoms with Crippen LogP contribution in [0.25, 0.3) is 0 Å². The van der Waals surface area contributed by atoms with E-state index in [0.29, 0.717) is 44.6 Å². The molecule has 4 unspecified atom stereocenters. The molecular formula is C39H60N4O5. The van der Waals surface area contributed by atoms with Crippen LogP contribution < -0.4 is 10.6 Å². The van der Waals surface area contributed by atoms with E-state index in [9.17, 15) is 24.6 Å². The molecule has 1 aliphatic carbocycles. The Balaban J connectivity index is 2.26. The van der Waals surface area contributed by atoms with Gasteiger partial charge in [-0.1, -0.05) is 76.3 Å². The summed E-state index contributed by atoms with van der Waals surface area (Å²) in [7, 11) is 1.75. The fraction of sp³-hybridized carbons (Fsp3) is 0.667. The van der Waals surface area contributed by atoms with Crippen LogP contribution in [-0.2, 0) is 20.8 Å². The maximum absolute atomic E-state index is 13.9. The van der Waals surface area contributed by atoms with Crippen LogP contribution >= 0.6 is 0 Å². The second-order valence-corrected chi connectivity index (χ2v) is 13.4. The predicted molar refractivity (Wildman–Crippen MR) is 191 cm³/mol. The smallest absolute Gasteiger partial charge is 0.244 e. The highest BCUT2D eigenvalue weighted by molar-refractivity contribution is 5.91. The summed E-state index contributed by atoms with van der Waals surface area (Å²) in [5, 5.41) is 27.9. The van der Waals surface area contributed by atoms with Gasteiger partial charge in [-0.3, -0.25) is 14.4 Å². The molecule has 3 amide bonds. The van der Waals surface area contributed by atoms with Crippen LogP contribution in [0.15, 0.2) is 30.3 Å². The summed E-state index contributed by atoms with van der Waals surface area (Å²) in [6.45, 7) is 8.90. The SMILES string of the molecule is C#CCCCC(O)[C@H](O)C(CC1CCCCC1)NC(=O)[C@@H](NC(=O)C(CC(=O)N(C)CCN(CC)CC)Cc1ccccc1)C(C)C#C. The number of terminal acetylenes is 2. The lowest BCUT2D eigenvalue weighted by atomic mass is 9.82. The average molecular weight is 665 g/mol. The standard InChI is InChI=1S/C39H60N4O5/c1-7-11-14-23-34(44)37(46)33(27-31-21-17-13-18-22-31)40-39(48)36(29(5)8-2)41-38(47)32(26-30-19-15-12-16-20-30)28-35(45)42(6)24-25-43(9-3)10-4/h1-2,12,15-16,19-20,29,31-34,36-37,44,46H,9-11,13-14,17-18,21-28H2,3-6H3,(H,40,48)(H,41,47)/t29?,32?,33?,34?,36-,37+/m0/s1. The quantitative estimate of drug-likeness (QED) is 0.117. The molecule has 9 heteroatoms. The molecule has 1 aliphatic rings. The van der Waals surface area contributed by atoms with Crippen LogP contribution in [0, 0.1) is 42.4 Å². The number of carbonyl (C=O) groups excluding carboxylic acids is 3. The Morgan fingerprint density at radius 3 is 2.25 bits per heavy atom. The van der Waals surface area contributed by atoms with Crippen molar-refractivity contribution in [2.24, 2.45) is 17.8 Å². The van der Waals surface area contributed by atoms with Crippen LogP contribution in [-0.4, -0.2) is 95.3 Å². The van der Waals surface area contributed by atoms with E-state index < -0.39 is 47.9 Å². The third-order valence-electron chi connectivity index (χ3n) is 9.80. The Kier molecular flexibility index (Phi) is 19.0. The predicted octanol–water partition coefficient (Wildman–Crippen LogP) is 3.77. The Labute approximate surface area is 289 Å². The Bertz CT molecular complexity index is 1180. The number of nitrogens with one attached hydrogen (secondary N) is 2. The zero-order valence-electron chi connectivity index (χ0n) is 29.7. The molecule has 0 radical (unpaired) electrons. The lowest BCUT2D eigenvalue weighted by Gasteiger charge is -2.34. The summed E-state index contributed by atoms with van der Waals surface area (Å²) in [6, 6.07) is 7.66. The summed E-state index contributed by atoms with van der Waals surface area (Å²) in [4.78, 5) is 45.1. The molecule has 0 spiro atoms. The van der Waals surface area contributed by atoms with Crippen LogP contribution in [0.5, 0.6) is 0 Å². The second-order valence-electron chi connectivity index (χ2n) is 13.4. The number of aliphatic hydroxyl groups is 2. The highest BCUT2D eigenvalue weighted by atomic mass is 16.3. The molecule has 1 fully saturated rings. The fourth-order valence-corrected chi connectivity index (χ4v) is 6.45. The van der Waals surface area contributed by atoms with Gasteiger partial charge in [-0.15, -0.1) is 24.7 Å². The number of likely N-dealkylation sites (N-methyl/N-ethyl adjacent to an activating group) is 2.